The van der Waals surface area contributed by atoms with E-state index in [-0.39, 0.29) is 11.6 Å². The van der Waals surface area contributed by atoms with Crippen LogP contribution in [0.3, 0.4) is 0 Å². The van der Waals surface area contributed by atoms with Gasteiger partial charge in [-0.15, -0.1) is 0 Å². The molecule has 120 valence electrons. The Morgan fingerprint density at radius 2 is 1.87 bits per heavy atom. The number of pyridine rings is 1. The highest BCUT2D eigenvalue weighted by molar-refractivity contribution is 5.78. The van der Waals surface area contributed by atoms with Gasteiger partial charge in [-0.2, -0.15) is 13.2 Å². The fraction of sp³-hybridized carbons (Fsp3) is 0.294. The molecule has 23 heavy (non-hydrogen) atoms. The van der Waals surface area contributed by atoms with Crippen LogP contribution in [0.1, 0.15) is 39.9 Å². The first-order valence-corrected chi connectivity index (χ1v) is 7.30. The van der Waals surface area contributed by atoms with Crippen molar-refractivity contribution in [1.29, 1.82) is 0 Å². The second kappa shape index (κ2) is 6.02. The zero-order valence-corrected chi connectivity index (χ0v) is 12.2. The van der Waals surface area contributed by atoms with Gasteiger partial charge in [0, 0.05) is 17.3 Å². The number of alkyl halides is 3. The zero-order valence-electron chi connectivity index (χ0n) is 12.2. The number of benzene rings is 1. The summed E-state index contributed by atoms with van der Waals surface area (Å²) in [4.78, 5) is 15.2. The van der Waals surface area contributed by atoms with Crippen molar-refractivity contribution in [2.75, 3.05) is 0 Å². The van der Waals surface area contributed by atoms with Crippen molar-refractivity contribution in [1.82, 2.24) is 4.98 Å². The molecule has 0 atom stereocenters. The van der Waals surface area contributed by atoms with E-state index in [2.05, 4.69) is 4.98 Å². The first-order chi connectivity index (χ1) is 11.0. The summed E-state index contributed by atoms with van der Waals surface area (Å²) in [5.41, 5.74) is 1.46. The van der Waals surface area contributed by atoms with Gasteiger partial charge in [-0.25, -0.2) is 4.98 Å². The third-order valence-electron chi connectivity index (χ3n) is 3.90. The topological polar surface area (TPSA) is 39.2 Å². The minimum atomic E-state index is -4.42. The van der Waals surface area contributed by atoms with Crippen molar-refractivity contribution >= 4 is 6.29 Å². The Bertz CT molecular complexity index is 741. The Morgan fingerprint density at radius 1 is 1.13 bits per heavy atom. The van der Waals surface area contributed by atoms with Crippen molar-refractivity contribution in [2.24, 2.45) is 0 Å². The average Bonchev–Trinajstić information content (AvgIpc) is 2.55. The van der Waals surface area contributed by atoms with Crippen molar-refractivity contribution in [3.63, 3.8) is 0 Å². The number of carbonyl (C=O) groups is 1. The Kier molecular flexibility index (Phi) is 4.07. The molecule has 1 heterocycles. The largest absolute Gasteiger partial charge is 0.439 e. The molecule has 0 saturated heterocycles. The molecular formula is C17H14F3NO2. The number of nitrogens with zero attached hydrogens (tertiary/aromatic N) is 1. The highest BCUT2D eigenvalue weighted by atomic mass is 19.4. The van der Waals surface area contributed by atoms with Crippen LogP contribution in [-0.4, -0.2) is 11.3 Å². The first-order valence-electron chi connectivity index (χ1n) is 7.30. The van der Waals surface area contributed by atoms with Crippen LogP contribution in [0, 0.1) is 0 Å². The second-order valence-corrected chi connectivity index (χ2v) is 5.43. The number of hydrogen-bond acceptors (Lipinski definition) is 3. The summed E-state index contributed by atoms with van der Waals surface area (Å²) in [6.45, 7) is 0. The number of carbonyl (C=O) groups excluding carboxylic acids is 1. The van der Waals surface area contributed by atoms with Crippen LogP contribution >= 0.6 is 0 Å². The molecule has 0 bridgehead atoms. The van der Waals surface area contributed by atoms with Crippen LogP contribution in [0.4, 0.5) is 13.2 Å². The highest BCUT2D eigenvalue weighted by Gasteiger charge is 2.30. The molecule has 0 N–H and O–H groups in total. The van der Waals surface area contributed by atoms with E-state index < -0.39 is 11.7 Å². The van der Waals surface area contributed by atoms with E-state index >= 15 is 0 Å². The monoisotopic (exact) mass is 321 g/mol. The number of rotatable bonds is 3. The Morgan fingerprint density at radius 3 is 2.57 bits per heavy atom. The Labute approximate surface area is 131 Å². The Balaban J connectivity index is 1.96. The fourth-order valence-electron chi connectivity index (χ4n) is 2.78. The van der Waals surface area contributed by atoms with E-state index in [1.165, 1.54) is 18.3 Å². The lowest BCUT2D eigenvalue weighted by Gasteiger charge is -2.20. The minimum absolute atomic E-state index is 0.0824. The quantitative estimate of drug-likeness (QED) is 0.777. The van der Waals surface area contributed by atoms with Crippen molar-refractivity contribution in [2.45, 2.75) is 31.9 Å². The standard InChI is InChI=1S/C17H14F3NO2/c18-17(19,20)12-4-3-5-13(8-12)23-16-15-7-2-1-6-14(15)11(10-22)9-21-16/h3-5,8-10H,1-2,6-7H2. The van der Waals surface area contributed by atoms with Gasteiger partial charge in [-0.1, -0.05) is 6.07 Å². The number of hydrogen-bond donors (Lipinski definition) is 0. The molecular weight excluding hydrogens is 307 g/mol. The molecule has 0 radical (unpaired) electrons. The summed E-state index contributed by atoms with van der Waals surface area (Å²) in [5.74, 6) is 0.364. The number of halogens is 3. The third-order valence-corrected chi connectivity index (χ3v) is 3.90. The Hall–Kier alpha value is -2.37. The van der Waals surface area contributed by atoms with Gasteiger partial charge in [-0.3, -0.25) is 4.79 Å². The number of ether oxygens (including phenoxy) is 1. The SMILES string of the molecule is O=Cc1cnc(Oc2cccc(C(F)(F)F)c2)c2c1CCCC2. The van der Waals surface area contributed by atoms with Gasteiger partial charge in [0.1, 0.15) is 5.75 Å². The van der Waals surface area contributed by atoms with Crippen molar-refractivity contribution in [3.8, 4) is 11.6 Å². The van der Waals surface area contributed by atoms with Gasteiger partial charge < -0.3 is 4.74 Å². The number of aromatic nitrogens is 1. The predicted octanol–water partition coefficient (Wildman–Crippen LogP) is 4.58. The summed E-state index contributed by atoms with van der Waals surface area (Å²) in [7, 11) is 0. The van der Waals surface area contributed by atoms with Gasteiger partial charge in [0.15, 0.2) is 6.29 Å². The van der Waals surface area contributed by atoms with E-state index in [1.54, 1.807) is 0 Å². The maximum absolute atomic E-state index is 12.8. The molecule has 1 aliphatic carbocycles. The number of aldehydes is 1. The second-order valence-electron chi connectivity index (χ2n) is 5.43. The van der Waals surface area contributed by atoms with Crippen LogP contribution < -0.4 is 4.74 Å². The van der Waals surface area contributed by atoms with E-state index in [4.69, 9.17) is 4.74 Å². The average molecular weight is 321 g/mol. The van der Waals surface area contributed by atoms with E-state index in [9.17, 15) is 18.0 Å². The molecule has 0 fully saturated rings. The van der Waals surface area contributed by atoms with Gasteiger partial charge >= 0.3 is 6.18 Å². The zero-order chi connectivity index (χ0) is 16.4. The van der Waals surface area contributed by atoms with E-state index in [0.29, 0.717) is 12.0 Å². The molecule has 0 saturated carbocycles. The molecule has 1 aliphatic rings. The maximum Gasteiger partial charge on any atom is 0.416 e. The first kappa shape index (κ1) is 15.5. The molecule has 0 aliphatic heterocycles. The summed E-state index contributed by atoms with van der Waals surface area (Å²) in [6, 6.07) is 4.69. The predicted molar refractivity (Wildman–Crippen MR) is 77.8 cm³/mol. The van der Waals surface area contributed by atoms with Gasteiger partial charge in [0.05, 0.1) is 5.56 Å². The van der Waals surface area contributed by atoms with E-state index in [1.807, 2.05) is 0 Å². The molecule has 1 aromatic carbocycles. The van der Waals surface area contributed by atoms with Crippen molar-refractivity contribution < 1.29 is 22.7 Å². The van der Waals surface area contributed by atoms with Crippen LogP contribution in [0.25, 0.3) is 0 Å². The molecule has 0 amide bonds. The number of fused-ring (bicyclic) bond motifs is 1. The molecule has 0 unspecified atom stereocenters. The third kappa shape index (κ3) is 3.21. The summed E-state index contributed by atoms with van der Waals surface area (Å²) >= 11 is 0. The van der Waals surface area contributed by atoms with Crippen LogP contribution in [-0.2, 0) is 19.0 Å². The summed E-state index contributed by atoms with van der Waals surface area (Å²) < 4.78 is 43.9. The lowest BCUT2D eigenvalue weighted by Crippen LogP contribution is -2.10. The highest BCUT2D eigenvalue weighted by Crippen LogP contribution is 2.35. The van der Waals surface area contributed by atoms with E-state index in [0.717, 1.165) is 48.8 Å². The fourth-order valence-corrected chi connectivity index (χ4v) is 2.78. The molecule has 2 aromatic rings. The van der Waals surface area contributed by atoms with Crippen LogP contribution in [0.5, 0.6) is 11.6 Å². The lowest BCUT2D eigenvalue weighted by molar-refractivity contribution is -0.137. The minimum Gasteiger partial charge on any atom is -0.439 e. The van der Waals surface area contributed by atoms with Gasteiger partial charge in [0.25, 0.3) is 0 Å². The van der Waals surface area contributed by atoms with Gasteiger partial charge in [0.2, 0.25) is 5.88 Å². The molecule has 1 aromatic heterocycles. The molecule has 0 spiro atoms. The smallest absolute Gasteiger partial charge is 0.416 e. The molecule has 3 rings (SSSR count). The van der Waals surface area contributed by atoms with Gasteiger partial charge in [-0.05, 0) is 49.4 Å². The normalized spacial score (nSPS) is 14.2. The maximum atomic E-state index is 12.8. The van der Waals surface area contributed by atoms with Crippen LogP contribution in [0.15, 0.2) is 30.5 Å². The molecule has 6 heteroatoms. The summed E-state index contributed by atoms with van der Waals surface area (Å²) in [5, 5.41) is 0. The molecule has 3 nitrogen and oxygen atoms in total. The van der Waals surface area contributed by atoms with Crippen LogP contribution in [0.2, 0.25) is 0 Å². The lowest BCUT2D eigenvalue weighted by atomic mass is 9.90. The van der Waals surface area contributed by atoms with Crippen molar-refractivity contribution in [3.05, 3.63) is 52.7 Å². The summed E-state index contributed by atoms with van der Waals surface area (Å²) in [6.07, 6.45) is 1.12.